The first kappa shape index (κ1) is 12.6. The van der Waals surface area contributed by atoms with E-state index in [1.165, 1.54) is 25.0 Å². The highest BCUT2D eigenvalue weighted by molar-refractivity contribution is 9.10. The Bertz CT molecular complexity index is 436. The standard InChI is InChI=1S/C14H17BrFNO/c15-13-7-10(16)1-4-12(13)14-9(5-6-18-14)8-17-11-2-3-11/h1,4,7,9,11,14,17H,2-3,5-6,8H2. The van der Waals surface area contributed by atoms with E-state index < -0.39 is 0 Å². The SMILES string of the molecule is Fc1ccc(C2OCCC2CNC2CC2)c(Br)c1. The second-order valence-corrected chi connectivity index (χ2v) is 6.04. The van der Waals surface area contributed by atoms with Crippen LogP contribution < -0.4 is 5.32 Å². The van der Waals surface area contributed by atoms with Crippen molar-refractivity contribution < 1.29 is 9.13 Å². The van der Waals surface area contributed by atoms with Gasteiger partial charge in [0.2, 0.25) is 0 Å². The Kier molecular flexibility index (Phi) is 3.68. The van der Waals surface area contributed by atoms with Crippen molar-refractivity contribution in [2.24, 2.45) is 5.92 Å². The molecule has 0 bridgehead atoms. The zero-order valence-corrected chi connectivity index (χ0v) is 11.7. The minimum absolute atomic E-state index is 0.0891. The van der Waals surface area contributed by atoms with Gasteiger partial charge >= 0.3 is 0 Å². The molecule has 2 atom stereocenters. The first-order valence-electron chi connectivity index (χ1n) is 6.54. The lowest BCUT2D eigenvalue weighted by atomic mass is 9.95. The lowest BCUT2D eigenvalue weighted by Gasteiger charge is -2.20. The Morgan fingerprint density at radius 1 is 1.33 bits per heavy atom. The monoisotopic (exact) mass is 313 g/mol. The molecule has 2 fully saturated rings. The molecule has 18 heavy (non-hydrogen) atoms. The van der Waals surface area contributed by atoms with Crippen molar-refractivity contribution in [3.63, 3.8) is 0 Å². The summed E-state index contributed by atoms with van der Waals surface area (Å²) in [5.74, 6) is 0.281. The highest BCUT2D eigenvalue weighted by Gasteiger charge is 2.32. The Labute approximate surface area is 115 Å². The van der Waals surface area contributed by atoms with E-state index in [0.717, 1.165) is 35.7 Å². The van der Waals surface area contributed by atoms with Crippen LogP contribution in [0.15, 0.2) is 22.7 Å². The smallest absolute Gasteiger partial charge is 0.124 e. The van der Waals surface area contributed by atoms with E-state index in [1.807, 2.05) is 6.07 Å². The molecule has 1 saturated carbocycles. The van der Waals surface area contributed by atoms with Crippen molar-refractivity contribution >= 4 is 15.9 Å². The molecule has 2 aliphatic rings. The number of rotatable bonds is 4. The van der Waals surface area contributed by atoms with Crippen molar-refractivity contribution in [3.05, 3.63) is 34.1 Å². The summed E-state index contributed by atoms with van der Waals surface area (Å²) in [6, 6.07) is 5.58. The van der Waals surface area contributed by atoms with Gasteiger partial charge in [0.05, 0.1) is 6.10 Å². The number of halogens is 2. The van der Waals surface area contributed by atoms with Gasteiger partial charge in [0.15, 0.2) is 0 Å². The molecule has 1 aromatic carbocycles. The Balaban J connectivity index is 1.72. The highest BCUT2D eigenvalue weighted by Crippen LogP contribution is 2.38. The van der Waals surface area contributed by atoms with Gasteiger partial charge in [-0.05, 0) is 37.0 Å². The van der Waals surface area contributed by atoms with Gasteiger partial charge in [0.1, 0.15) is 5.82 Å². The number of nitrogens with one attached hydrogen (secondary N) is 1. The van der Waals surface area contributed by atoms with E-state index in [9.17, 15) is 4.39 Å². The molecule has 1 aliphatic carbocycles. The molecule has 2 unspecified atom stereocenters. The van der Waals surface area contributed by atoms with Crippen LogP contribution in [0.4, 0.5) is 4.39 Å². The number of hydrogen-bond acceptors (Lipinski definition) is 2. The fraction of sp³-hybridized carbons (Fsp3) is 0.571. The molecule has 1 saturated heterocycles. The maximum Gasteiger partial charge on any atom is 0.124 e. The van der Waals surface area contributed by atoms with Crippen molar-refractivity contribution in [2.45, 2.75) is 31.4 Å². The average molecular weight is 314 g/mol. The molecule has 1 aromatic rings. The van der Waals surface area contributed by atoms with Crippen molar-refractivity contribution in [1.29, 1.82) is 0 Å². The van der Waals surface area contributed by atoms with E-state index in [1.54, 1.807) is 0 Å². The van der Waals surface area contributed by atoms with Crippen LogP contribution in [0, 0.1) is 11.7 Å². The lowest BCUT2D eigenvalue weighted by molar-refractivity contribution is 0.0898. The van der Waals surface area contributed by atoms with Gasteiger partial charge in [0, 0.05) is 29.6 Å². The summed E-state index contributed by atoms with van der Waals surface area (Å²) in [5.41, 5.74) is 1.07. The maximum absolute atomic E-state index is 13.1. The lowest BCUT2D eigenvalue weighted by Crippen LogP contribution is -2.26. The van der Waals surface area contributed by atoms with Crippen LogP contribution in [0.25, 0.3) is 0 Å². The fourth-order valence-corrected chi connectivity index (χ4v) is 3.10. The van der Waals surface area contributed by atoms with Gasteiger partial charge in [-0.25, -0.2) is 4.39 Å². The van der Waals surface area contributed by atoms with Gasteiger partial charge in [-0.1, -0.05) is 22.0 Å². The molecule has 1 N–H and O–H groups in total. The fourth-order valence-electron chi connectivity index (χ4n) is 2.52. The van der Waals surface area contributed by atoms with E-state index >= 15 is 0 Å². The van der Waals surface area contributed by atoms with Crippen LogP contribution >= 0.6 is 15.9 Å². The van der Waals surface area contributed by atoms with Gasteiger partial charge in [-0.3, -0.25) is 0 Å². The summed E-state index contributed by atoms with van der Waals surface area (Å²) in [7, 11) is 0. The van der Waals surface area contributed by atoms with Gasteiger partial charge in [0.25, 0.3) is 0 Å². The summed E-state index contributed by atoms with van der Waals surface area (Å²) in [4.78, 5) is 0. The Morgan fingerprint density at radius 3 is 2.89 bits per heavy atom. The van der Waals surface area contributed by atoms with Crippen LogP contribution in [0.2, 0.25) is 0 Å². The molecular formula is C14H17BrFNO. The molecule has 0 radical (unpaired) electrons. The molecule has 98 valence electrons. The van der Waals surface area contributed by atoms with E-state index in [-0.39, 0.29) is 11.9 Å². The molecule has 0 amide bonds. The van der Waals surface area contributed by atoms with Crippen LogP contribution in [-0.4, -0.2) is 19.2 Å². The van der Waals surface area contributed by atoms with Crippen LogP contribution in [0.5, 0.6) is 0 Å². The third-order valence-corrected chi connectivity index (χ3v) is 4.42. The van der Waals surface area contributed by atoms with Crippen molar-refractivity contribution in [3.8, 4) is 0 Å². The third-order valence-electron chi connectivity index (χ3n) is 3.73. The quantitative estimate of drug-likeness (QED) is 0.919. The normalized spacial score (nSPS) is 27.7. The molecule has 0 aromatic heterocycles. The van der Waals surface area contributed by atoms with Crippen LogP contribution in [-0.2, 0) is 4.74 Å². The van der Waals surface area contributed by atoms with Crippen LogP contribution in [0.3, 0.4) is 0 Å². The number of ether oxygens (including phenoxy) is 1. The molecule has 3 rings (SSSR count). The second-order valence-electron chi connectivity index (χ2n) is 5.19. The van der Waals surface area contributed by atoms with Crippen molar-refractivity contribution in [1.82, 2.24) is 5.32 Å². The van der Waals surface area contributed by atoms with Crippen LogP contribution in [0.1, 0.15) is 30.9 Å². The number of benzene rings is 1. The predicted molar refractivity (Wildman–Crippen MR) is 71.9 cm³/mol. The minimum atomic E-state index is -0.212. The molecule has 1 aliphatic heterocycles. The van der Waals surface area contributed by atoms with E-state index in [2.05, 4.69) is 21.2 Å². The zero-order valence-electron chi connectivity index (χ0n) is 10.2. The summed E-state index contributed by atoms with van der Waals surface area (Å²) in [5, 5.41) is 3.56. The third kappa shape index (κ3) is 2.76. The molecule has 4 heteroatoms. The van der Waals surface area contributed by atoms with Gasteiger partial charge in [-0.2, -0.15) is 0 Å². The van der Waals surface area contributed by atoms with Gasteiger partial charge in [-0.15, -0.1) is 0 Å². The van der Waals surface area contributed by atoms with Crippen molar-refractivity contribution in [2.75, 3.05) is 13.2 Å². The highest BCUT2D eigenvalue weighted by atomic mass is 79.9. The molecular weight excluding hydrogens is 297 g/mol. The topological polar surface area (TPSA) is 21.3 Å². The number of hydrogen-bond donors (Lipinski definition) is 1. The first-order chi connectivity index (χ1) is 8.74. The molecule has 2 nitrogen and oxygen atoms in total. The second kappa shape index (κ2) is 5.27. The average Bonchev–Trinajstić information content (AvgIpc) is 3.06. The Hall–Kier alpha value is -0.450. The zero-order chi connectivity index (χ0) is 12.5. The van der Waals surface area contributed by atoms with E-state index in [0.29, 0.717) is 5.92 Å². The molecule has 1 heterocycles. The summed E-state index contributed by atoms with van der Waals surface area (Å²) < 4.78 is 19.8. The predicted octanol–water partition coefficient (Wildman–Crippen LogP) is 3.42. The van der Waals surface area contributed by atoms with E-state index in [4.69, 9.17) is 4.74 Å². The maximum atomic E-state index is 13.1. The van der Waals surface area contributed by atoms with Gasteiger partial charge < -0.3 is 10.1 Å². The summed E-state index contributed by atoms with van der Waals surface area (Å²) >= 11 is 3.44. The molecule has 0 spiro atoms. The Morgan fingerprint density at radius 2 is 2.17 bits per heavy atom. The summed E-state index contributed by atoms with van der Waals surface area (Å²) in [6.45, 7) is 1.80. The largest absolute Gasteiger partial charge is 0.373 e. The first-order valence-corrected chi connectivity index (χ1v) is 7.33. The summed E-state index contributed by atoms with van der Waals surface area (Å²) in [6.07, 6.45) is 3.77. The minimum Gasteiger partial charge on any atom is -0.373 e.